The average molecular weight is 270 g/mol. The zero-order valence-corrected chi connectivity index (χ0v) is 9.48. The Kier molecular flexibility index (Phi) is 4.87. The van der Waals surface area contributed by atoms with E-state index in [2.05, 4.69) is 26.0 Å². The molecule has 0 aliphatic carbocycles. The van der Waals surface area contributed by atoms with Crippen molar-refractivity contribution in [1.82, 2.24) is 0 Å². The molecule has 1 aromatic carbocycles. The third kappa shape index (κ3) is 3.73. The predicted molar refractivity (Wildman–Crippen MR) is 62.2 cm³/mol. The number of hydrogen-bond acceptors (Lipinski definition) is 1. The third-order valence-corrected chi connectivity index (χ3v) is 2.45. The molecule has 0 saturated heterocycles. The Bertz CT molecular complexity index is 394. The number of alkyl halides is 1. The Morgan fingerprint density at radius 1 is 1.47 bits per heavy atom. The zero-order valence-electron chi connectivity index (χ0n) is 7.90. The third-order valence-electron chi connectivity index (χ3n) is 1.84. The quantitative estimate of drug-likeness (QED) is 0.344. The number of rotatable bonds is 4. The fourth-order valence-corrected chi connectivity index (χ4v) is 1.65. The Hall–Kier alpha value is -1.32. The van der Waals surface area contributed by atoms with Crippen LogP contribution in [0.1, 0.15) is 5.56 Å². The van der Waals surface area contributed by atoms with Crippen LogP contribution >= 0.6 is 15.9 Å². The molecule has 0 heterocycles. The second-order valence-corrected chi connectivity index (χ2v) is 3.34. The fraction of sp³-hybridized carbons (Fsp3) is 0.200. The molecule has 0 radical (unpaired) electrons. The topological polar surface area (TPSA) is 48.8 Å². The van der Waals surface area contributed by atoms with Crippen LogP contribution in [0.15, 0.2) is 35.5 Å². The van der Waals surface area contributed by atoms with E-state index in [1.807, 2.05) is 6.08 Å². The molecule has 0 unspecified atom stereocenters. The first-order chi connectivity index (χ1) is 7.27. The van der Waals surface area contributed by atoms with Gasteiger partial charge in [0.15, 0.2) is 0 Å². The minimum Gasteiger partial charge on any atom is -0.207 e. The molecule has 0 spiro atoms. The van der Waals surface area contributed by atoms with E-state index >= 15 is 0 Å². The maximum absolute atomic E-state index is 12.7. The van der Waals surface area contributed by atoms with Crippen molar-refractivity contribution >= 4 is 21.5 Å². The number of allylic oxidation sites excluding steroid dienone is 1. The normalized spacial score (nSPS) is 10.9. The Balaban J connectivity index is 2.86. The molecule has 15 heavy (non-hydrogen) atoms. The Morgan fingerprint density at radius 3 is 2.67 bits per heavy atom. The SMILES string of the molecule is [N-]=[N+]=NC/C=C(\CBr)c1ccc(F)cc1. The van der Waals surface area contributed by atoms with Crippen molar-refractivity contribution in [3.63, 3.8) is 0 Å². The summed E-state index contributed by atoms with van der Waals surface area (Å²) in [5.74, 6) is -0.261. The molecule has 0 atom stereocenters. The maximum Gasteiger partial charge on any atom is 0.123 e. The van der Waals surface area contributed by atoms with Gasteiger partial charge in [0.1, 0.15) is 5.82 Å². The molecule has 0 fully saturated rings. The fourth-order valence-electron chi connectivity index (χ4n) is 1.10. The van der Waals surface area contributed by atoms with E-state index in [4.69, 9.17) is 5.53 Å². The van der Waals surface area contributed by atoms with Crippen LogP contribution in [-0.2, 0) is 0 Å². The van der Waals surface area contributed by atoms with Gasteiger partial charge in [0.05, 0.1) is 0 Å². The summed E-state index contributed by atoms with van der Waals surface area (Å²) in [6.45, 7) is 0.300. The first kappa shape index (κ1) is 11.8. The zero-order chi connectivity index (χ0) is 11.1. The summed E-state index contributed by atoms with van der Waals surface area (Å²) in [5.41, 5.74) is 10.0. The van der Waals surface area contributed by atoms with Crippen molar-refractivity contribution in [3.8, 4) is 0 Å². The van der Waals surface area contributed by atoms with E-state index in [1.54, 1.807) is 12.1 Å². The highest BCUT2D eigenvalue weighted by Crippen LogP contribution is 2.17. The summed E-state index contributed by atoms with van der Waals surface area (Å²) in [6, 6.07) is 6.19. The molecule has 0 N–H and O–H groups in total. The predicted octanol–water partition coefficient (Wildman–Crippen LogP) is 3.91. The molecule has 0 aliphatic heterocycles. The summed E-state index contributed by atoms with van der Waals surface area (Å²) < 4.78 is 12.7. The lowest BCUT2D eigenvalue weighted by atomic mass is 10.1. The Morgan fingerprint density at radius 2 is 2.13 bits per heavy atom. The van der Waals surface area contributed by atoms with Crippen LogP contribution in [0.2, 0.25) is 0 Å². The lowest BCUT2D eigenvalue weighted by Gasteiger charge is -2.02. The van der Waals surface area contributed by atoms with E-state index in [0.29, 0.717) is 11.9 Å². The lowest BCUT2D eigenvalue weighted by molar-refractivity contribution is 0.627. The first-order valence-corrected chi connectivity index (χ1v) is 5.42. The summed E-state index contributed by atoms with van der Waals surface area (Å²) in [5, 5.41) is 4.05. The van der Waals surface area contributed by atoms with Gasteiger partial charge in [-0.15, -0.1) is 0 Å². The van der Waals surface area contributed by atoms with Gasteiger partial charge in [-0.2, -0.15) is 0 Å². The van der Waals surface area contributed by atoms with Crippen molar-refractivity contribution in [1.29, 1.82) is 0 Å². The van der Waals surface area contributed by atoms with Crippen LogP contribution in [0, 0.1) is 5.82 Å². The van der Waals surface area contributed by atoms with Crippen LogP contribution in [0.3, 0.4) is 0 Å². The van der Waals surface area contributed by atoms with Gasteiger partial charge in [-0.25, -0.2) is 4.39 Å². The molecule has 0 aliphatic rings. The Labute approximate surface area is 95.4 Å². The first-order valence-electron chi connectivity index (χ1n) is 4.29. The standard InChI is InChI=1S/C10H9BrFN3/c11-7-9(5-6-14-15-13)8-1-3-10(12)4-2-8/h1-5H,6-7H2/b9-5+. The van der Waals surface area contributed by atoms with Gasteiger partial charge in [0, 0.05) is 16.8 Å². The largest absolute Gasteiger partial charge is 0.207 e. The number of nitrogens with zero attached hydrogens (tertiary/aromatic N) is 3. The van der Waals surface area contributed by atoms with E-state index in [9.17, 15) is 4.39 Å². The van der Waals surface area contributed by atoms with Gasteiger partial charge in [0.25, 0.3) is 0 Å². The van der Waals surface area contributed by atoms with Crippen molar-refractivity contribution in [3.05, 3.63) is 52.2 Å². The molecular weight excluding hydrogens is 261 g/mol. The van der Waals surface area contributed by atoms with Crippen LogP contribution < -0.4 is 0 Å². The smallest absolute Gasteiger partial charge is 0.123 e. The van der Waals surface area contributed by atoms with Gasteiger partial charge < -0.3 is 0 Å². The molecule has 0 amide bonds. The highest BCUT2D eigenvalue weighted by molar-refractivity contribution is 9.09. The van der Waals surface area contributed by atoms with Gasteiger partial charge in [0.2, 0.25) is 0 Å². The lowest BCUT2D eigenvalue weighted by Crippen LogP contribution is -1.87. The molecular formula is C10H9BrFN3. The highest BCUT2D eigenvalue weighted by Gasteiger charge is 1.99. The molecule has 0 bridgehead atoms. The number of benzene rings is 1. The van der Waals surface area contributed by atoms with Crippen molar-refractivity contribution < 1.29 is 4.39 Å². The van der Waals surface area contributed by atoms with Gasteiger partial charge in [-0.3, -0.25) is 0 Å². The molecule has 1 rings (SSSR count). The number of halogens is 2. The van der Waals surface area contributed by atoms with Gasteiger partial charge in [-0.05, 0) is 28.8 Å². The van der Waals surface area contributed by atoms with Gasteiger partial charge >= 0.3 is 0 Å². The number of hydrogen-bond donors (Lipinski definition) is 0. The van der Waals surface area contributed by atoms with Crippen molar-refractivity contribution in [2.75, 3.05) is 11.9 Å². The summed E-state index contributed by atoms with van der Waals surface area (Å²) >= 11 is 3.33. The molecule has 5 heteroatoms. The van der Waals surface area contributed by atoms with E-state index in [-0.39, 0.29) is 5.82 Å². The highest BCUT2D eigenvalue weighted by atomic mass is 79.9. The van der Waals surface area contributed by atoms with Crippen LogP contribution in [0.4, 0.5) is 4.39 Å². The average Bonchev–Trinajstić information content (AvgIpc) is 2.26. The minimum absolute atomic E-state index is 0.261. The molecule has 1 aromatic rings. The minimum atomic E-state index is -0.261. The number of azide groups is 1. The van der Waals surface area contributed by atoms with Crippen LogP contribution in [0.5, 0.6) is 0 Å². The molecule has 3 nitrogen and oxygen atoms in total. The summed E-state index contributed by atoms with van der Waals surface area (Å²) in [6.07, 6.45) is 1.81. The summed E-state index contributed by atoms with van der Waals surface area (Å²) in [4.78, 5) is 2.65. The summed E-state index contributed by atoms with van der Waals surface area (Å²) in [7, 11) is 0. The van der Waals surface area contributed by atoms with Gasteiger partial charge in [-0.1, -0.05) is 39.3 Å². The molecule has 0 aromatic heterocycles. The molecule has 78 valence electrons. The molecule has 0 saturated carbocycles. The van der Waals surface area contributed by atoms with Crippen LogP contribution in [-0.4, -0.2) is 11.9 Å². The maximum atomic E-state index is 12.7. The van der Waals surface area contributed by atoms with Crippen molar-refractivity contribution in [2.45, 2.75) is 0 Å². The monoisotopic (exact) mass is 269 g/mol. The van der Waals surface area contributed by atoms with E-state index in [1.165, 1.54) is 12.1 Å². The van der Waals surface area contributed by atoms with E-state index < -0.39 is 0 Å². The second kappa shape index (κ2) is 6.22. The van der Waals surface area contributed by atoms with E-state index in [0.717, 1.165) is 11.1 Å². The second-order valence-electron chi connectivity index (χ2n) is 2.78. The van der Waals surface area contributed by atoms with Crippen molar-refractivity contribution in [2.24, 2.45) is 5.11 Å². The van der Waals surface area contributed by atoms with Crippen LogP contribution in [0.25, 0.3) is 16.0 Å².